The molecule has 5 aliphatic rings. The van der Waals surface area contributed by atoms with Crippen LogP contribution in [0.4, 0.5) is 5.69 Å². The number of aliphatic imine (C=N–C) groups is 1. The molecule has 29 heavy (non-hydrogen) atoms. The fourth-order valence-electron chi connectivity index (χ4n) is 4.12. The van der Waals surface area contributed by atoms with Crippen LogP contribution >= 0.6 is 23.5 Å². The molecule has 1 spiro atoms. The molecule has 0 aromatic heterocycles. The smallest absolute Gasteiger partial charge is 0.137 e. The predicted molar refractivity (Wildman–Crippen MR) is 126 cm³/mol. The van der Waals surface area contributed by atoms with Gasteiger partial charge in [0.05, 0.1) is 15.8 Å². The van der Waals surface area contributed by atoms with Crippen LogP contribution in [0.5, 0.6) is 0 Å². The molecular weight excluding hydrogens is 392 g/mol. The Kier molecular flexibility index (Phi) is 3.96. The van der Waals surface area contributed by atoms with Crippen LogP contribution in [-0.2, 0) is 0 Å². The summed E-state index contributed by atoms with van der Waals surface area (Å²) in [6, 6.07) is 8.39. The van der Waals surface area contributed by atoms with Crippen molar-refractivity contribution in [2.75, 3.05) is 5.32 Å². The fourth-order valence-corrected chi connectivity index (χ4v) is 6.12. The van der Waals surface area contributed by atoms with Crippen molar-refractivity contribution in [1.82, 2.24) is 0 Å². The number of hydrogen-bond donors (Lipinski definition) is 1. The Hall–Kier alpha value is -2.69. The molecule has 6 rings (SSSR count). The maximum absolute atomic E-state index is 5.18. The van der Waals surface area contributed by atoms with E-state index in [9.17, 15) is 0 Å². The van der Waals surface area contributed by atoms with Crippen LogP contribution in [0.3, 0.4) is 0 Å². The molecule has 2 heterocycles. The third kappa shape index (κ3) is 2.86. The second-order valence-corrected chi connectivity index (χ2v) is 9.49. The second-order valence-electron chi connectivity index (χ2n) is 7.35. The van der Waals surface area contributed by atoms with Crippen LogP contribution in [0, 0.1) is 0 Å². The molecule has 2 aliphatic heterocycles. The highest BCUT2D eigenvalue weighted by molar-refractivity contribution is 8.18. The van der Waals surface area contributed by atoms with Gasteiger partial charge in [-0.2, -0.15) is 0 Å². The van der Waals surface area contributed by atoms with Crippen molar-refractivity contribution in [2.24, 2.45) is 4.99 Å². The summed E-state index contributed by atoms with van der Waals surface area (Å²) >= 11 is 3.54. The topological polar surface area (TPSA) is 24.4 Å². The standard InChI is InChI=1S/C25H18N2S2/c1-2-8-18-16-25-19(15-17(18)7-1)9-5-12-22(25)29-24(27-25)14-6-13-23-26-20-10-3-4-11-21(20)28-23/h1-7,9-16,26H,8H2. The first-order valence-electron chi connectivity index (χ1n) is 9.70. The molecule has 0 saturated heterocycles. The van der Waals surface area contributed by atoms with Gasteiger partial charge in [-0.25, -0.2) is 0 Å². The lowest BCUT2D eigenvalue weighted by atomic mass is 9.76. The van der Waals surface area contributed by atoms with E-state index in [1.54, 1.807) is 23.5 Å². The zero-order valence-electron chi connectivity index (χ0n) is 15.6. The minimum absolute atomic E-state index is 0.333. The molecule has 0 amide bonds. The number of rotatable bonds is 2. The Morgan fingerprint density at radius 2 is 2.07 bits per heavy atom. The summed E-state index contributed by atoms with van der Waals surface area (Å²) in [6.45, 7) is 0. The highest BCUT2D eigenvalue weighted by Gasteiger charge is 2.43. The van der Waals surface area contributed by atoms with Gasteiger partial charge < -0.3 is 5.32 Å². The SMILES string of the molecule is C1=CCC2=CC34N=C(C=CC=C5Nc6ccccc6S5)SC3=CC=CC4=CC2=C1. The number of allylic oxidation sites excluding steroid dienone is 10. The van der Waals surface area contributed by atoms with E-state index in [0.29, 0.717) is 0 Å². The van der Waals surface area contributed by atoms with Gasteiger partial charge in [0.1, 0.15) is 5.54 Å². The molecular formula is C25H18N2S2. The van der Waals surface area contributed by atoms with Crippen molar-refractivity contribution in [2.45, 2.75) is 16.9 Å². The zero-order chi connectivity index (χ0) is 19.3. The van der Waals surface area contributed by atoms with Gasteiger partial charge in [-0.3, -0.25) is 4.99 Å². The largest absolute Gasteiger partial charge is 0.349 e. The first kappa shape index (κ1) is 17.2. The molecule has 0 fully saturated rings. The van der Waals surface area contributed by atoms with E-state index in [1.165, 1.54) is 32.2 Å². The van der Waals surface area contributed by atoms with E-state index in [4.69, 9.17) is 4.99 Å². The Bertz CT molecular complexity index is 1170. The average molecular weight is 411 g/mol. The Balaban J connectivity index is 1.29. The summed E-state index contributed by atoms with van der Waals surface area (Å²) in [5, 5.41) is 5.66. The fraction of sp³-hybridized carbons (Fsp3) is 0.0800. The zero-order valence-corrected chi connectivity index (χ0v) is 17.3. The van der Waals surface area contributed by atoms with Crippen molar-refractivity contribution < 1.29 is 0 Å². The minimum Gasteiger partial charge on any atom is -0.349 e. The van der Waals surface area contributed by atoms with Crippen LogP contribution in [-0.4, -0.2) is 10.6 Å². The molecule has 140 valence electrons. The number of hydrogen-bond acceptors (Lipinski definition) is 4. The molecule has 4 heteroatoms. The quantitative estimate of drug-likeness (QED) is 0.588. The van der Waals surface area contributed by atoms with Gasteiger partial charge in [0.25, 0.3) is 0 Å². The van der Waals surface area contributed by atoms with Crippen molar-refractivity contribution in [3.63, 3.8) is 0 Å². The van der Waals surface area contributed by atoms with Gasteiger partial charge in [0.15, 0.2) is 0 Å². The van der Waals surface area contributed by atoms with Gasteiger partial charge in [-0.1, -0.05) is 72.1 Å². The van der Waals surface area contributed by atoms with Gasteiger partial charge in [-0.05, 0) is 65.7 Å². The van der Waals surface area contributed by atoms with E-state index in [2.05, 4.69) is 96.4 Å². The maximum Gasteiger partial charge on any atom is 0.137 e. The Morgan fingerprint density at radius 3 is 3.03 bits per heavy atom. The van der Waals surface area contributed by atoms with Crippen molar-refractivity contribution in [3.8, 4) is 0 Å². The molecule has 0 saturated carbocycles. The Morgan fingerprint density at radius 1 is 1.10 bits per heavy atom. The van der Waals surface area contributed by atoms with E-state index in [-0.39, 0.29) is 5.54 Å². The van der Waals surface area contributed by atoms with Crippen molar-refractivity contribution >= 4 is 34.3 Å². The second kappa shape index (κ2) is 6.68. The monoisotopic (exact) mass is 410 g/mol. The van der Waals surface area contributed by atoms with Crippen molar-refractivity contribution in [3.05, 3.63) is 118 Å². The summed E-state index contributed by atoms with van der Waals surface area (Å²) < 4.78 is 0. The van der Waals surface area contributed by atoms with Gasteiger partial charge in [-0.15, -0.1) is 0 Å². The van der Waals surface area contributed by atoms with E-state index in [1.807, 2.05) is 0 Å². The molecule has 2 nitrogen and oxygen atoms in total. The summed E-state index contributed by atoms with van der Waals surface area (Å²) in [7, 11) is 0. The number of thioether (sulfide) groups is 2. The first-order chi connectivity index (χ1) is 14.3. The summed E-state index contributed by atoms with van der Waals surface area (Å²) in [4.78, 5) is 7.74. The number of para-hydroxylation sites is 1. The number of nitrogens with zero attached hydrogens (tertiary/aromatic N) is 1. The molecule has 1 atom stereocenters. The molecule has 1 aromatic carbocycles. The molecule has 3 aliphatic carbocycles. The van der Waals surface area contributed by atoms with E-state index in [0.717, 1.165) is 16.5 Å². The van der Waals surface area contributed by atoms with E-state index >= 15 is 0 Å². The predicted octanol–water partition coefficient (Wildman–Crippen LogP) is 6.69. The maximum atomic E-state index is 5.18. The third-order valence-corrected chi connectivity index (χ3v) is 7.64. The normalized spacial score (nSPS) is 27.3. The van der Waals surface area contributed by atoms with Crippen LogP contribution in [0.25, 0.3) is 0 Å². The lowest BCUT2D eigenvalue weighted by molar-refractivity contribution is 0.762. The molecule has 1 unspecified atom stereocenters. The summed E-state index contributed by atoms with van der Waals surface area (Å²) in [6.07, 6.45) is 25.1. The molecule has 1 N–H and O–H groups in total. The minimum atomic E-state index is -0.333. The number of nitrogens with one attached hydrogen (secondary N) is 1. The lowest BCUT2D eigenvalue weighted by Gasteiger charge is -2.33. The Labute approximate surface area is 179 Å². The summed E-state index contributed by atoms with van der Waals surface area (Å²) in [5.74, 6) is 0. The van der Waals surface area contributed by atoms with E-state index < -0.39 is 0 Å². The number of benzene rings is 1. The number of anilines is 1. The van der Waals surface area contributed by atoms with Gasteiger partial charge in [0, 0.05) is 9.80 Å². The van der Waals surface area contributed by atoms with Gasteiger partial charge >= 0.3 is 0 Å². The van der Waals surface area contributed by atoms with Crippen LogP contribution < -0.4 is 5.32 Å². The average Bonchev–Trinajstić information content (AvgIpc) is 3.31. The van der Waals surface area contributed by atoms with Gasteiger partial charge in [0.2, 0.25) is 0 Å². The first-order valence-corrected chi connectivity index (χ1v) is 11.3. The molecule has 0 radical (unpaired) electrons. The molecule has 1 aromatic rings. The molecule has 0 bridgehead atoms. The van der Waals surface area contributed by atoms with Crippen molar-refractivity contribution in [1.29, 1.82) is 0 Å². The third-order valence-electron chi connectivity index (χ3n) is 5.51. The highest BCUT2D eigenvalue weighted by atomic mass is 32.2. The van der Waals surface area contributed by atoms with Crippen LogP contribution in [0.2, 0.25) is 0 Å². The highest BCUT2D eigenvalue weighted by Crippen LogP contribution is 2.51. The lowest BCUT2D eigenvalue weighted by Crippen LogP contribution is -2.29. The van der Waals surface area contributed by atoms with Crippen LogP contribution in [0.15, 0.2) is 128 Å². The summed E-state index contributed by atoms with van der Waals surface area (Å²) in [5.41, 5.74) is 4.80. The number of fused-ring (bicyclic) bond motifs is 2. The van der Waals surface area contributed by atoms with Crippen LogP contribution in [0.1, 0.15) is 6.42 Å².